The van der Waals surface area contributed by atoms with E-state index in [-0.39, 0.29) is 16.4 Å². The lowest BCUT2D eigenvalue weighted by Crippen LogP contribution is -2.50. The molecule has 2 aliphatic rings. The third-order valence-corrected chi connectivity index (χ3v) is 11.3. The van der Waals surface area contributed by atoms with E-state index in [0.29, 0.717) is 17.8 Å². The molecule has 0 radical (unpaired) electrons. The number of fused-ring (bicyclic) bond motifs is 1. The standard InChI is InChI=1S/C18H34O2Si/c1-13(19)14-10-11-15-16(9-8-12-18(14,15)5)20-21(6,7)17(2,3)4/h14-16H,8-12H2,1-7H3/t14-,15+,16?,18-/m1/s1. The summed E-state index contributed by atoms with van der Waals surface area (Å²) in [7, 11) is -1.72. The molecule has 0 spiro atoms. The molecule has 0 amide bonds. The van der Waals surface area contributed by atoms with Crippen molar-refractivity contribution >= 4 is 14.1 Å². The van der Waals surface area contributed by atoms with Gasteiger partial charge in [0.2, 0.25) is 0 Å². The summed E-state index contributed by atoms with van der Waals surface area (Å²) in [6.07, 6.45) is 6.26. The number of carbonyl (C=O) groups excluding carboxylic acids is 1. The summed E-state index contributed by atoms with van der Waals surface area (Å²) in [6, 6.07) is 0. The van der Waals surface area contributed by atoms with E-state index in [0.717, 1.165) is 6.42 Å². The van der Waals surface area contributed by atoms with Crippen LogP contribution in [0.3, 0.4) is 0 Å². The largest absolute Gasteiger partial charge is 0.414 e. The molecule has 2 aliphatic carbocycles. The first-order valence-corrected chi connectivity index (χ1v) is 11.6. The number of rotatable bonds is 3. The Morgan fingerprint density at radius 2 is 1.81 bits per heavy atom. The minimum Gasteiger partial charge on any atom is -0.414 e. The Hall–Kier alpha value is -0.153. The predicted molar refractivity (Wildman–Crippen MR) is 90.9 cm³/mol. The van der Waals surface area contributed by atoms with Crippen molar-refractivity contribution in [3.8, 4) is 0 Å². The molecule has 0 aromatic carbocycles. The maximum absolute atomic E-state index is 12.0. The highest BCUT2D eigenvalue weighted by atomic mass is 28.4. The van der Waals surface area contributed by atoms with Crippen LogP contribution in [0, 0.1) is 17.3 Å². The van der Waals surface area contributed by atoms with Gasteiger partial charge in [-0.1, -0.05) is 34.1 Å². The molecule has 0 saturated heterocycles. The average Bonchev–Trinajstić information content (AvgIpc) is 2.65. The van der Waals surface area contributed by atoms with Gasteiger partial charge in [0.05, 0.1) is 0 Å². The summed E-state index contributed by atoms with van der Waals surface area (Å²) >= 11 is 0. The molecular formula is C18H34O2Si. The van der Waals surface area contributed by atoms with Crippen LogP contribution < -0.4 is 0 Å². The van der Waals surface area contributed by atoms with Gasteiger partial charge < -0.3 is 4.43 Å². The first kappa shape index (κ1) is 17.2. The predicted octanol–water partition coefficient (Wildman–Crippen LogP) is 5.18. The average molecular weight is 311 g/mol. The summed E-state index contributed by atoms with van der Waals surface area (Å²) < 4.78 is 6.78. The Bertz CT molecular complexity index is 410. The molecule has 0 heterocycles. The minimum atomic E-state index is -1.72. The van der Waals surface area contributed by atoms with Crippen molar-refractivity contribution < 1.29 is 9.22 Å². The fourth-order valence-electron chi connectivity index (χ4n) is 4.48. The van der Waals surface area contributed by atoms with Crippen molar-refractivity contribution in [3.05, 3.63) is 0 Å². The quantitative estimate of drug-likeness (QED) is 0.671. The maximum atomic E-state index is 12.0. The lowest BCUT2D eigenvalue weighted by molar-refractivity contribution is -0.126. The number of hydrogen-bond donors (Lipinski definition) is 0. The highest BCUT2D eigenvalue weighted by Gasteiger charge is 2.54. The van der Waals surface area contributed by atoms with Crippen molar-refractivity contribution in [3.63, 3.8) is 0 Å². The van der Waals surface area contributed by atoms with E-state index in [1.807, 2.05) is 0 Å². The van der Waals surface area contributed by atoms with Gasteiger partial charge in [0.15, 0.2) is 8.32 Å². The van der Waals surface area contributed by atoms with Gasteiger partial charge in [-0.2, -0.15) is 0 Å². The van der Waals surface area contributed by atoms with Crippen LogP contribution in [0.25, 0.3) is 0 Å². The molecule has 122 valence electrons. The van der Waals surface area contributed by atoms with E-state index in [2.05, 4.69) is 40.8 Å². The molecule has 0 aromatic rings. The van der Waals surface area contributed by atoms with E-state index in [4.69, 9.17) is 4.43 Å². The smallest absolute Gasteiger partial charge is 0.192 e. The van der Waals surface area contributed by atoms with Gasteiger partial charge in [-0.05, 0) is 62.1 Å². The van der Waals surface area contributed by atoms with Crippen LogP contribution in [-0.4, -0.2) is 20.2 Å². The molecule has 4 atom stereocenters. The second kappa shape index (κ2) is 5.49. The van der Waals surface area contributed by atoms with Gasteiger partial charge in [0.25, 0.3) is 0 Å². The maximum Gasteiger partial charge on any atom is 0.192 e. The van der Waals surface area contributed by atoms with E-state index in [9.17, 15) is 4.79 Å². The third kappa shape index (κ3) is 3.01. The van der Waals surface area contributed by atoms with Gasteiger partial charge in [-0.15, -0.1) is 0 Å². The molecule has 0 aliphatic heterocycles. The second-order valence-corrected chi connectivity index (χ2v) is 13.9. The van der Waals surface area contributed by atoms with E-state index >= 15 is 0 Å². The zero-order valence-electron chi connectivity index (χ0n) is 15.1. The molecule has 2 saturated carbocycles. The van der Waals surface area contributed by atoms with Crippen molar-refractivity contribution in [1.82, 2.24) is 0 Å². The van der Waals surface area contributed by atoms with Crippen molar-refractivity contribution in [2.24, 2.45) is 17.3 Å². The second-order valence-electron chi connectivity index (χ2n) is 9.16. The van der Waals surface area contributed by atoms with Crippen LogP contribution in [-0.2, 0) is 9.22 Å². The Labute approximate surface area is 132 Å². The molecule has 3 heteroatoms. The molecule has 21 heavy (non-hydrogen) atoms. The number of ketones is 1. The zero-order valence-corrected chi connectivity index (χ0v) is 16.1. The van der Waals surface area contributed by atoms with E-state index < -0.39 is 8.32 Å². The minimum absolute atomic E-state index is 0.192. The topological polar surface area (TPSA) is 26.3 Å². The Balaban J connectivity index is 2.19. The molecule has 0 aromatic heterocycles. The van der Waals surface area contributed by atoms with Crippen LogP contribution in [0.2, 0.25) is 18.1 Å². The Kier molecular flexibility index (Phi) is 4.49. The fraction of sp³-hybridized carbons (Fsp3) is 0.944. The summed E-state index contributed by atoms with van der Waals surface area (Å²) in [5.41, 5.74) is 0.192. The molecule has 2 nitrogen and oxygen atoms in total. The van der Waals surface area contributed by atoms with Crippen LogP contribution in [0.5, 0.6) is 0 Å². The van der Waals surface area contributed by atoms with Gasteiger partial charge in [-0.25, -0.2) is 0 Å². The Morgan fingerprint density at radius 1 is 1.19 bits per heavy atom. The van der Waals surface area contributed by atoms with Gasteiger partial charge >= 0.3 is 0 Å². The van der Waals surface area contributed by atoms with Crippen LogP contribution in [0.15, 0.2) is 0 Å². The van der Waals surface area contributed by atoms with Crippen molar-refractivity contribution in [2.45, 2.75) is 91.0 Å². The molecule has 2 fully saturated rings. The number of carbonyl (C=O) groups is 1. The van der Waals surface area contributed by atoms with E-state index in [1.165, 1.54) is 25.7 Å². The van der Waals surface area contributed by atoms with Gasteiger partial charge in [0, 0.05) is 12.0 Å². The monoisotopic (exact) mass is 310 g/mol. The highest BCUT2D eigenvalue weighted by molar-refractivity contribution is 6.74. The van der Waals surface area contributed by atoms with E-state index in [1.54, 1.807) is 6.92 Å². The highest BCUT2D eigenvalue weighted by Crippen LogP contribution is 2.57. The fourth-order valence-corrected chi connectivity index (χ4v) is 5.88. The third-order valence-electron chi connectivity index (χ3n) is 6.81. The van der Waals surface area contributed by atoms with Gasteiger partial charge in [-0.3, -0.25) is 4.79 Å². The first-order valence-electron chi connectivity index (χ1n) is 8.67. The van der Waals surface area contributed by atoms with Crippen LogP contribution >= 0.6 is 0 Å². The lowest BCUT2D eigenvalue weighted by Gasteiger charge is -2.48. The number of hydrogen-bond acceptors (Lipinski definition) is 2. The summed E-state index contributed by atoms with van der Waals surface area (Å²) in [5, 5.41) is 0.263. The lowest BCUT2D eigenvalue weighted by atomic mass is 9.63. The molecule has 0 bridgehead atoms. The van der Waals surface area contributed by atoms with Gasteiger partial charge in [0.1, 0.15) is 5.78 Å². The molecular weight excluding hydrogens is 276 g/mol. The Morgan fingerprint density at radius 3 is 2.33 bits per heavy atom. The van der Waals surface area contributed by atoms with Crippen LogP contribution in [0.1, 0.15) is 66.7 Å². The zero-order chi connectivity index (χ0) is 16.1. The van der Waals surface area contributed by atoms with Crippen molar-refractivity contribution in [1.29, 1.82) is 0 Å². The summed E-state index contributed by atoms with van der Waals surface area (Å²) in [5.74, 6) is 1.26. The number of Topliss-reactive ketones (excluding diaryl/α,β-unsaturated/α-hetero) is 1. The summed E-state index contributed by atoms with van der Waals surface area (Å²) in [4.78, 5) is 12.0. The van der Waals surface area contributed by atoms with Crippen molar-refractivity contribution in [2.75, 3.05) is 0 Å². The van der Waals surface area contributed by atoms with Crippen LogP contribution in [0.4, 0.5) is 0 Å². The molecule has 2 rings (SSSR count). The molecule has 1 unspecified atom stereocenters. The molecule has 0 N–H and O–H groups in total. The summed E-state index contributed by atoms with van der Waals surface area (Å²) in [6.45, 7) is 15.8. The normalized spacial score (nSPS) is 37.4. The SMILES string of the molecule is CC(=O)[C@H]1CC[C@H]2C(O[Si](C)(C)C(C)(C)C)CCC[C@]12C. The first-order chi connectivity index (χ1) is 9.49.